The van der Waals surface area contributed by atoms with Crippen LogP contribution in [0.2, 0.25) is 5.02 Å². The summed E-state index contributed by atoms with van der Waals surface area (Å²) in [6.07, 6.45) is 4.28. The molecule has 10 heteroatoms. The summed E-state index contributed by atoms with van der Waals surface area (Å²) in [6, 6.07) is 10.1. The number of carbonyl (C=O) groups is 2. The lowest BCUT2D eigenvalue weighted by Gasteiger charge is -2.44. The van der Waals surface area contributed by atoms with Gasteiger partial charge in [0.15, 0.2) is 0 Å². The van der Waals surface area contributed by atoms with Crippen LogP contribution in [0.3, 0.4) is 0 Å². The highest BCUT2D eigenvalue weighted by molar-refractivity contribution is 6.30. The Balaban J connectivity index is 1.32. The van der Waals surface area contributed by atoms with Gasteiger partial charge in [0.05, 0.1) is 44.4 Å². The molecule has 0 unspecified atom stereocenters. The van der Waals surface area contributed by atoms with Crippen LogP contribution < -0.4 is 10.6 Å². The maximum Gasteiger partial charge on any atom is 0.322 e. The molecule has 0 spiro atoms. The van der Waals surface area contributed by atoms with Crippen LogP contribution in [-0.2, 0) is 20.7 Å². The molecule has 1 aromatic carbocycles. The van der Waals surface area contributed by atoms with Gasteiger partial charge in [0, 0.05) is 29.6 Å². The number of rotatable bonds is 6. The number of aliphatic hydroxyl groups is 1. The van der Waals surface area contributed by atoms with Crippen molar-refractivity contribution in [2.45, 2.75) is 50.0 Å². The van der Waals surface area contributed by atoms with Crippen molar-refractivity contribution in [1.29, 1.82) is 0 Å². The maximum atomic E-state index is 13.1. The van der Waals surface area contributed by atoms with Crippen molar-refractivity contribution in [3.05, 3.63) is 59.4 Å². The molecular weight excluding hydrogens is 472 g/mol. The lowest BCUT2D eigenvalue weighted by atomic mass is 9.95. The SMILES string of the molecule is O=C(C[C@@H]1CC[C@@H]2[C@H](COC[C@H](O)CN2C(=O)Nc2ccc(Cl)cc2)O1)NCCc1ccncc1. The molecule has 2 aromatic rings. The Kier molecular flexibility index (Phi) is 8.92. The van der Waals surface area contributed by atoms with Crippen LogP contribution >= 0.6 is 11.6 Å². The number of aliphatic hydroxyl groups excluding tert-OH is 1. The zero-order valence-electron chi connectivity index (χ0n) is 19.4. The van der Waals surface area contributed by atoms with E-state index in [0.29, 0.717) is 30.1 Å². The van der Waals surface area contributed by atoms with Crippen LogP contribution in [0.5, 0.6) is 0 Å². The summed E-state index contributed by atoms with van der Waals surface area (Å²) < 4.78 is 11.9. The van der Waals surface area contributed by atoms with Gasteiger partial charge in [0.25, 0.3) is 0 Å². The normalized spacial score (nSPS) is 24.6. The fourth-order valence-corrected chi connectivity index (χ4v) is 4.60. The lowest BCUT2D eigenvalue weighted by Crippen LogP contribution is -2.58. The maximum absolute atomic E-state index is 13.1. The summed E-state index contributed by atoms with van der Waals surface area (Å²) in [5.74, 6) is -0.0676. The van der Waals surface area contributed by atoms with Gasteiger partial charge in [-0.3, -0.25) is 9.78 Å². The van der Waals surface area contributed by atoms with E-state index in [1.807, 2.05) is 12.1 Å². The number of carbonyl (C=O) groups excluding carboxylic acids is 2. The van der Waals surface area contributed by atoms with Crippen molar-refractivity contribution < 1.29 is 24.2 Å². The predicted molar refractivity (Wildman–Crippen MR) is 131 cm³/mol. The van der Waals surface area contributed by atoms with Gasteiger partial charge in [0.1, 0.15) is 6.10 Å². The third-order valence-corrected chi connectivity index (χ3v) is 6.49. The van der Waals surface area contributed by atoms with E-state index in [9.17, 15) is 14.7 Å². The Hall–Kier alpha value is -2.72. The molecule has 3 amide bonds. The quantitative estimate of drug-likeness (QED) is 0.559. The van der Waals surface area contributed by atoms with Gasteiger partial charge >= 0.3 is 6.03 Å². The second-order valence-corrected chi connectivity index (χ2v) is 9.32. The molecule has 4 atom stereocenters. The molecule has 0 saturated carbocycles. The third-order valence-electron chi connectivity index (χ3n) is 6.24. The Labute approximate surface area is 209 Å². The molecule has 3 N–H and O–H groups in total. The first kappa shape index (κ1) is 25.4. The van der Waals surface area contributed by atoms with E-state index in [2.05, 4.69) is 15.6 Å². The van der Waals surface area contributed by atoms with E-state index in [4.69, 9.17) is 21.1 Å². The van der Waals surface area contributed by atoms with Crippen molar-refractivity contribution >= 4 is 29.2 Å². The number of anilines is 1. The minimum Gasteiger partial charge on any atom is -0.389 e. The monoisotopic (exact) mass is 502 g/mol. The number of fused-ring (bicyclic) bond motifs is 1. The van der Waals surface area contributed by atoms with Crippen LogP contribution in [0, 0.1) is 0 Å². The Morgan fingerprint density at radius 3 is 2.66 bits per heavy atom. The predicted octanol–water partition coefficient (Wildman–Crippen LogP) is 2.63. The number of aromatic nitrogens is 1. The smallest absolute Gasteiger partial charge is 0.322 e. The van der Waals surface area contributed by atoms with Gasteiger partial charge in [-0.25, -0.2) is 4.79 Å². The Morgan fingerprint density at radius 1 is 1.11 bits per heavy atom. The first-order valence-corrected chi connectivity index (χ1v) is 12.3. The number of nitrogens with one attached hydrogen (secondary N) is 2. The zero-order valence-corrected chi connectivity index (χ0v) is 20.2. The average molecular weight is 503 g/mol. The number of benzene rings is 1. The molecule has 2 fully saturated rings. The summed E-state index contributed by atoms with van der Waals surface area (Å²) in [5.41, 5.74) is 1.73. The molecule has 4 rings (SSSR count). The van der Waals surface area contributed by atoms with Crippen LogP contribution in [0.25, 0.3) is 0 Å². The van der Waals surface area contributed by atoms with E-state index in [-0.39, 0.29) is 56.4 Å². The van der Waals surface area contributed by atoms with Gasteiger partial charge in [0.2, 0.25) is 5.91 Å². The lowest BCUT2D eigenvalue weighted by molar-refractivity contribution is -0.149. The molecule has 2 aliphatic heterocycles. The standard InChI is InChI=1S/C25H31ClN4O5/c26-18-1-3-19(4-2-18)29-25(33)30-14-20(31)15-34-16-23-22(30)6-5-21(35-23)13-24(32)28-12-9-17-7-10-27-11-8-17/h1-4,7-8,10-11,20-23,31H,5-6,9,12-16H2,(H,28,32)(H,29,33)/t20-,21+,22-,23+/m1/s1. The first-order valence-electron chi connectivity index (χ1n) is 11.9. The third kappa shape index (κ3) is 7.38. The number of halogens is 1. The topological polar surface area (TPSA) is 113 Å². The summed E-state index contributed by atoms with van der Waals surface area (Å²) in [4.78, 5) is 31.2. The summed E-state index contributed by atoms with van der Waals surface area (Å²) in [7, 11) is 0. The van der Waals surface area contributed by atoms with Gasteiger partial charge in [-0.1, -0.05) is 11.6 Å². The fourth-order valence-electron chi connectivity index (χ4n) is 4.48. The van der Waals surface area contributed by atoms with Crippen LogP contribution in [0.15, 0.2) is 48.8 Å². The molecule has 0 radical (unpaired) electrons. The minimum atomic E-state index is -0.796. The van der Waals surface area contributed by atoms with Gasteiger partial charge in [-0.15, -0.1) is 0 Å². The number of hydrogen-bond donors (Lipinski definition) is 3. The van der Waals surface area contributed by atoms with Crippen LogP contribution in [-0.4, -0.2) is 77.6 Å². The van der Waals surface area contributed by atoms with E-state index < -0.39 is 6.10 Å². The highest BCUT2D eigenvalue weighted by Crippen LogP contribution is 2.28. The van der Waals surface area contributed by atoms with Gasteiger partial charge in [-0.05, 0) is 61.2 Å². The van der Waals surface area contributed by atoms with Crippen molar-refractivity contribution in [2.24, 2.45) is 0 Å². The molecule has 2 saturated heterocycles. The Bertz CT molecular complexity index is 978. The number of pyridine rings is 1. The molecule has 2 aliphatic rings. The molecule has 1 aromatic heterocycles. The number of β-amino-alcohol motifs (C(OH)–C–C–N with tert-alkyl or cyclic N) is 1. The van der Waals surface area contributed by atoms with Crippen LogP contribution in [0.4, 0.5) is 10.5 Å². The van der Waals surface area contributed by atoms with E-state index in [0.717, 1.165) is 12.0 Å². The average Bonchev–Trinajstić information content (AvgIpc) is 2.84. The number of urea groups is 1. The minimum absolute atomic E-state index is 0.0676. The number of ether oxygens (including phenoxy) is 2. The van der Waals surface area contributed by atoms with Crippen molar-refractivity contribution in [1.82, 2.24) is 15.2 Å². The largest absolute Gasteiger partial charge is 0.389 e. The molecular formula is C25H31ClN4O5. The van der Waals surface area contributed by atoms with Gasteiger partial charge < -0.3 is 30.1 Å². The molecule has 0 aliphatic carbocycles. The Morgan fingerprint density at radius 2 is 1.89 bits per heavy atom. The molecule has 188 valence electrons. The number of nitrogens with zero attached hydrogens (tertiary/aromatic N) is 2. The zero-order chi connectivity index (χ0) is 24.6. The number of hydrogen-bond acceptors (Lipinski definition) is 6. The molecule has 9 nitrogen and oxygen atoms in total. The first-order chi connectivity index (χ1) is 17.0. The highest BCUT2D eigenvalue weighted by Gasteiger charge is 2.40. The van der Waals surface area contributed by atoms with Crippen LogP contribution in [0.1, 0.15) is 24.8 Å². The molecule has 0 bridgehead atoms. The van der Waals surface area contributed by atoms with Gasteiger partial charge in [-0.2, -0.15) is 0 Å². The van der Waals surface area contributed by atoms with Crippen molar-refractivity contribution in [3.8, 4) is 0 Å². The molecule has 35 heavy (non-hydrogen) atoms. The number of amides is 3. The van der Waals surface area contributed by atoms with E-state index in [1.165, 1.54) is 0 Å². The second-order valence-electron chi connectivity index (χ2n) is 8.88. The highest BCUT2D eigenvalue weighted by atomic mass is 35.5. The van der Waals surface area contributed by atoms with E-state index in [1.54, 1.807) is 41.6 Å². The van der Waals surface area contributed by atoms with E-state index >= 15 is 0 Å². The van der Waals surface area contributed by atoms with Crippen molar-refractivity contribution in [3.63, 3.8) is 0 Å². The second kappa shape index (κ2) is 12.3. The summed E-state index contributed by atoms with van der Waals surface area (Å²) in [6.45, 7) is 1.02. The van der Waals surface area contributed by atoms with Crippen molar-refractivity contribution in [2.75, 3.05) is 31.6 Å². The molecule has 3 heterocycles. The fraction of sp³-hybridized carbons (Fsp3) is 0.480. The summed E-state index contributed by atoms with van der Waals surface area (Å²) in [5, 5.41) is 16.7. The summed E-state index contributed by atoms with van der Waals surface area (Å²) >= 11 is 5.94.